The van der Waals surface area contributed by atoms with Crippen LogP contribution in [-0.4, -0.2) is 38.3 Å². The summed E-state index contributed by atoms with van der Waals surface area (Å²) in [5.41, 5.74) is 0.722. The highest BCUT2D eigenvalue weighted by Crippen LogP contribution is 2.36. The second kappa shape index (κ2) is 5.24. The van der Waals surface area contributed by atoms with Crippen LogP contribution in [0.5, 0.6) is 0 Å². The molecule has 2 aromatic heterocycles. The normalized spacial score (nSPS) is 24.6. The van der Waals surface area contributed by atoms with Gasteiger partial charge in [-0.25, -0.2) is 4.98 Å². The van der Waals surface area contributed by atoms with E-state index in [2.05, 4.69) is 25.1 Å². The maximum atomic E-state index is 12.6. The number of carbonyl (C=O) groups excluding carboxylic acids is 1. The van der Waals surface area contributed by atoms with Crippen molar-refractivity contribution in [1.29, 1.82) is 0 Å². The molecule has 0 radical (unpaired) electrons. The Morgan fingerprint density at radius 3 is 3.05 bits per heavy atom. The minimum absolute atomic E-state index is 0.0512. The maximum Gasteiger partial charge on any atom is 0.268 e. The Morgan fingerprint density at radius 1 is 1.45 bits per heavy atom. The highest BCUT2D eigenvalue weighted by molar-refractivity contribution is 5.93. The fourth-order valence-electron chi connectivity index (χ4n) is 2.98. The number of aromatic amines is 1. The van der Waals surface area contributed by atoms with Crippen LogP contribution in [0.25, 0.3) is 0 Å². The predicted octanol–water partition coefficient (Wildman–Crippen LogP) is 1.51. The number of rotatable bonds is 4. The van der Waals surface area contributed by atoms with Gasteiger partial charge in [-0.15, -0.1) is 0 Å². The van der Waals surface area contributed by atoms with Gasteiger partial charge in [-0.05, 0) is 38.3 Å². The summed E-state index contributed by atoms with van der Waals surface area (Å²) in [5, 5.41) is 10.1. The maximum absolute atomic E-state index is 12.6. The second-order valence-electron chi connectivity index (χ2n) is 5.97. The zero-order valence-electron chi connectivity index (χ0n) is 12.5. The predicted molar refractivity (Wildman–Crippen MR) is 78.4 cm³/mol. The van der Waals surface area contributed by atoms with Crippen molar-refractivity contribution in [3.8, 4) is 0 Å². The second-order valence-corrected chi connectivity index (χ2v) is 5.97. The van der Waals surface area contributed by atoms with E-state index in [0.29, 0.717) is 18.5 Å². The topological polar surface area (TPSA) is 84.8 Å². The molecule has 0 unspecified atom stereocenters. The van der Waals surface area contributed by atoms with Crippen molar-refractivity contribution in [3.63, 3.8) is 0 Å². The monoisotopic (exact) mass is 301 g/mol. The third kappa shape index (κ3) is 2.41. The van der Waals surface area contributed by atoms with Crippen LogP contribution in [0.1, 0.15) is 53.5 Å². The van der Waals surface area contributed by atoms with E-state index in [1.165, 1.54) is 0 Å². The van der Waals surface area contributed by atoms with Gasteiger partial charge >= 0.3 is 0 Å². The van der Waals surface area contributed by atoms with Gasteiger partial charge in [0.25, 0.3) is 5.91 Å². The first-order valence-electron chi connectivity index (χ1n) is 7.70. The van der Waals surface area contributed by atoms with Gasteiger partial charge in [-0.2, -0.15) is 5.10 Å². The van der Waals surface area contributed by atoms with Crippen LogP contribution in [0.15, 0.2) is 18.3 Å². The quantitative estimate of drug-likeness (QED) is 0.896. The molecule has 116 valence electrons. The van der Waals surface area contributed by atoms with Gasteiger partial charge in [0.05, 0.1) is 6.04 Å². The molecule has 3 heterocycles. The van der Waals surface area contributed by atoms with Crippen molar-refractivity contribution in [2.45, 2.75) is 44.4 Å². The van der Waals surface area contributed by atoms with Crippen molar-refractivity contribution in [2.75, 3.05) is 6.61 Å². The average Bonchev–Trinajstić information content (AvgIpc) is 2.93. The van der Waals surface area contributed by atoms with Gasteiger partial charge in [0.15, 0.2) is 5.82 Å². The number of H-pyrrole nitrogens is 1. The summed E-state index contributed by atoms with van der Waals surface area (Å²) in [4.78, 5) is 16.9. The van der Waals surface area contributed by atoms with Gasteiger partial charge in [0.1, 0.15) is 17.6 Å². The minimum atomic E-state index is -0.279. The molecule has 2 aliphatic rings. The number of nitrogens with one attached hydrogen (secondary N) is 2. The van der Waals surface area contributed by atoms with E-state index in [0.717, 1.165) is 30.8 Å². The molecule has 7 nitrogen and oxygen atoms in total. The molecule has 4 rings (SSSR count). The summed E-state index contributed by atoms with van der Waals surface area (Å²) in [7, 11) is 0. The Balaban J connectivity index is 1.49. The lowest BCUT2D eigenvalue weighted by atomic mass is 10.1. The van der Waals surface area contributed by atoms with Crippen molar-refractivity contribution >= 4 is 5.91 Å². The van der Waals surface area contributed by atoms with Crippen LogP contribution in [0.2, 0.25) is 0 Å². The minimum Gasteiger partial charge on any atom is -0.368 e. The van der Waals surface area contributed by atoms with Crippen molar-refractivity contribution in [2.24, 2.45) is 0 Å². The lowest BCUT2D eigenvalue weighted by molar-refractivity contribution is 0.0786. The summed E-state index contributed by atoms with van der Waals surface area (Å²) < 4.78 is 7.77. The summed E-state index contributed by atoms with van der Waals surface area (Å²) in [5.74, 6) is 1.31. The molecule has 1 saturated heterocycles. The molecule has 2 atom stereocenters. The van der Waals surface area contributed by atoms with Crippen LogP contribution in [0, 0.1) is 6.92 Å². The van der Waals surface area contributed by atoms with E-state index in [1.807, 2.05) is 25.3 Å². The molecule has 2 fully saturated rings. The molecule has 0 bridgehead atoms. The van der Waals surface area contributed by atoms with Gasteiger partial charge < -0.3 is 14.6 Å². The smallest absolute Gasteiger partial charge is 0.268 e. The van der Waals surface area contributed by atoms with Crippen molar-refractivity contribution < 1.29 is 9.53 Å². The molecule has 2 aromatic rings. The first kappa shape index (κ1) is 13.5. The van der Waals surface area contributed by atoms with Gasteiger partial charge in [0.2, 0.25) is 0 Å². The molecule has 1 saturated carbocycles. The molecule has 1 aliphatic carbocycles. The summed E-state index contributed by atoms with van der Waals surface area (Å²) in [6.07, 6.45) is 4.78. The molecule has 2 N–H and O–H groups in total. The summed E-state index contributed by atoms with van der Waals surface area (Å²) in [6, 6.07) is 4.19. The zero-order chi connectivity index (χ0) is 15.1. The molecule has 1 aliphatic heterocycles. The number of aryl methyl sites for hydroxylation is 1. The van der Waals surface area contributed by atoms with Gasteiger partial charge in [-0.3, -0.25) is 9.89 Å². The third-order valence-electron chi connectivity index (χ3n) is 4.23. The standard InChI is InChI=1S/C15H19N5O2/c1-9-16-14(19-18-9)13-11(6-8-22-13)17-15(21)12-3-2-7-20(12)10-4-5-10/h2-3,7,10-11,13H,4-6,8H2,1H3,(H,17,21)(H,16,18,19)/t11-,13+/m0/s1. The third-order valence-corrected chi connectivity index (χ3v) is 4.23. The fraction of sp³-hybridized carbons (Fsp3) is 0.533. The average molecular weight is 301 g/mol. The Hall–Kier alpha value is -2.15. The molecule has 7 heteroatoms. The van der Waals surface area contributed by atoms with Crippen LogP contribution in [0.3, 0.4) is 0 Å². The highest BCUT2D eigenvalue weighted by atomic mass is 16.5. The lowest BCUT2D eigenvalue weighted by Crippen LogP contribution is -2.38. The van der Waals surface area contributed by atoms with E-state index in [4.69, 9.17) is 4.74 Å². The SMILES string of the molecule is Cc1nc([C@@H]2OCC[C@@H]2NC(=O)c2cccn2C2CC2)n[nH]1. The van der Waals surface area contributed by atoms with E-state index in [1.54, 1.807) is 0 Å². The van der Waals surface area contributed by atoms with Crippen LogP contribution in [0.4, 0.5) is 0 Å². The molecule has 22 heavy (non-hydrogen) atoms. The lowest BCUT2D eigenvalue weighted by Gasteiger charge is -2.18. The van der Waals surface area contributed by atoms with Crippen LogP contribution >= 0.6 is 0 Å². The summed E-state index contributed by atoms with van der Waals surface area (Å²) >= 11 is 0. The Morgan fingerprint density at radius 2 is 2.32 bits per heavy atom. The summed E-state index contributed by atoms with van der Waals surface area (Å²) in [6.45, 7) is 2.45. The Labute approximate surface area is 128 Å². The molecule has 1 amide bonds. The molecular formula is C15H19N5O2. The Kier molecular flexibility index (Phi) is 3.22. The van der Waals surface area contributed by atoms with Crippen LogP contribution in [-0.2, 0) is 4.74 Å². The van der Waals surface area contributed by atoms with E-state index in [9.17, 15) is 4.79 Å². The first-order valence-corrected chi connectivity index (χ1v) is 7.70. The number of carbonyl (C=O) groups is 1. The van der Waals surface area contributed by atoms with Crippen molar-refractivity contribution in [3.05, 3.63) is 35.7 Å². The van der Waals surface area contributed by atoms with Gasteiger partial charge in [-0.1, -0.05) is 0 Å². The molecule has 0 aromatic carbocycles. The van der Waals surface area contributed by atoms with E-state index in [-0.39, 0.29) is 18.1 Å². The van der Waals surface area contributed by atoms with E-state index >= 15 is 0 Å². The fourth-order valence-corrected chi connectivity index (χ4v) is 2.98. The van der Waals surface area contributed by atoms with Crippen LogP contribution < -0.4 is 5.32 Å². The number of ether oxygens (including phenoxy) is 1. The number of hydrogen-bond acceptors (Lipinski definition) is 4. The number of amides is 1. The molecular weight excluding hydrogens is 282 g/mol. The van der Waals surface area contributed by atoms with Gasteiger partial charge in [0, 0.05) is 18.8 Å². The largest absolute Gasteiger partial charge is 0.368 e. The zero-order valence-corrected chi connectivity index (χ0v) is 12.5. The Bertz CT molecular complexity index is 688. The number of aromatic nitrogens is 4. The van der Waals surface area contributed by atoms with Crippen molar-refractivity contribution in [1.82, 2.24) is 25.1 Å². The first-order chi connectivity index (χ1) is 10.7. The van der Waals surface area contributed by atoms with E-state index < -0.39 is 0 Å². The molecule has 0 spiro atoms. The highest BCUT2D eigenvalue weighted by Gasteiger charge is 2.35. The number of nitrogens with zero attached hydrogens (tertiary/aromatic N) is 3. The number of hydrogen-bond donors (Lipinski definition) is 2.